The first-order valence-corrected chi connectivity index (χ1v) is 6.13. The highest BCUT2D eigenvalue weighted by atomic mass is 19.2. The fourth-order valence-corrected chi connectivity index (χ4v) is 2.12. The monoisotopic (exact) mass is 269 g/mol. The molecular weight excluding hydrogens is 252 g/mol. The minimum absolute atomic E-state index is 0.155. The Morgan fingerprint density at radius 3 is 2.79 bits per heavy atom. The van der Waals surface area contributed by atoms with Crippen molar-refractivity contribution in [2.75, 3.05) is 38.6 Å². The Kier molecular flexibility index (Phi) is 4.11. The number of hydrogen-bond donors (Lipinski definition) is 1. The number of rotatable bonds is 2. The van der Waals surface area contributed by atoms with Gasteiger partial charge in [-0.2, -0.15) is 0 Å². The van der Waals surface area contributed by atoms with Crippen LogP contribution in [0.3, 0.4) is 0 Å². The van der Waals surface area contributed by atoms with E-state index in [4.69, 9.17) is 0 Å². The van der Waals surface area contributed by atoms with Gasteiger partial charge in [-0.05, 0) is 19.2 Å². The number of halogens is 2. The van der Waals surface area contributed by atoms with E-state index in [1.807, 2.05) is 7.05 Å². The molecule has 104 valence electrons. The molecule has 1 fully saturated rings. The predicted molar refractivity (Wildman–Crippen MR) is 69.1 cm³/mol. The van der Waals surface area contributed by atoms with Crippen LogP contribution in [-0.4, -0.2) is 50.6 Å². The van der Waals surface area contributed by atoms with Crippen LogP contribution in [0.1, 0.15) is 0 Å². The van der Waals surface area contributed by atoms with Gasteiger partial charge in [0.2, 0.25) is 5.91 Å². The number of nitrogens with one attached hydrogen (secondary N) is 1. The second-order valence-corrected chi connectivity index (χ2v) is 4.76. The Morgan fingerprint density at radius 2 is 2.16 bits per heavy atom. The molecule has 6 heteroatoms. The summed E-state index contributed by atoms with van der Waals surface area (Å²) in [6, 6.07) is 3.12. The van der Waals surface area contributed by atoms with Crippen LogP contribution in [0.5, 0.6) is 0 Å². The normalized spacial score (nSPS) is 20.3. The Balaban J connectivity index is 2.11. The lowest BCUT2D eigenvalue weighted by molar-refractivity contribution is -0.121. The highest BCUT2D eigenvalue weighted by Crippen LogP contribution is 2.17. The van der Waals surface area contributed by atoms with E-state index >= 15 is 0 Å². The molecule has 1 heterocycles. The fraction of sp³-hybridized carbons (Fsp3) is 0.462. The zero-order valence-corrected chi connectivity index (χ0v) is 11.0. The quantitative estimate of drug-likeness (QED) is 0.864. The third kappa shape index (κ3) is 3.08. The molecule has 1 aliphatic heterocycles. The van der Waals surface area contributed by atoms with Crippen LogP contribution in [0, 0.1) is 11.6 Å². The molecule has 1 amide bonds. The summed E-state index contributed by atoms with van der Waals surface area (Å²) in [5.74, 6) is -2.02. The van der Waals surface area contributed by atoms with Gasteiger partial charge in [-0.15, -0.1) is 0 Å². The molecule has 19 heavy (non-hydrogen) atoms. The van der Waals surface area contributed by atoms with E-state index in [1.54, 1.807) is 7.05 Å². The summed E-state index contributed by atoms with van der Waals surface area (Å²) in [5, 5.41) is 3.13. The zero-order valence-electron chi connectivity index (χ0n) is 11.0. The fourth-order valence-electron chi connectivity index (χ4n) is 2.12. The zero-order chi connectivity index (χ0) is 14.0. The van der Waals surface area contributed by atoms with Crippen molar-refractivity contribution in [2.45, 2.75) is 6.04 Å². The SMILES string of the molecule is CN1CCNC(C(=O)N(C)c2ccc(F)c(F)c2)C1. The molecule has 0 saturated carbocycles. The van der Waals surface area contributed by atoms with Crippen molar-refractivity contribution in [1.82, 2.24) is 10.2 Å². The van der Waals surface area contributed by atoms with Crippen LogP contribution in [0.15, 0.2) is 18.2 Å². The van der Waals surface area contributed by atoms with Crippen molar-refractivity contribution >= 4 is 11.6 Å². The lowest BCUT2D eigenvalue weighted by atomic mass is 10.1. The van der Waals surface area contributed by atoms with Gasteiger partial charge in [-0.3, -0.25) is 4.79 Å². The number of benzene rings is 1. The van der Waals surface area contributed by atoms with Crippen LogP contribution < -0.4 is 10.2 Å². The number of carbonyl (C=O) groups excluding carboxylic acids is 1. The number of nitrogens with zero attached hydrogens (tertiary/aromatic N) is 2. The maximum absolute atomic E-state index is 13.2. The summed E-state index contributed by atoms with van der Waals surface area (Å²) in [6.07, 6.45) is 0. The molecule has 0 spiro atoms. The number of carbonyl (C=O) groups is 1. The summed E-state index contributed by atoms with van der Waals surface area (Å²) >= 11 is 0. The molecule has 1 unspecified atom stereocenters. The summed E-state index contributed by atoms with van der Waals surface area (Å²) in [5.41, 5.74) is 0.346. The minimum atomic E-state index is -0.953. The van der Waals surface area contributed by atoms with Gasteiger partial charge in [0, 0.05) is 38.4 Å². The first-order chi connectivity index (χ1) is 8.99. The Hall–Kier alpha value is -1.53. The molecule has 1 aromatic rings. The minimum Gasteiger partial charge on any atom is -0.314 e. The van der Waals surface area contributed by atoms with Crippen molar-refractivity contribution in [3.8, 4) is 0 Å². The van der Waals surface area contributed by atoms with Gasteiger partial charge in [-0.25, -0.2) is 8.78 Å². The molecule has 0 bridgehead atoms. The first-order valence-electron chi connectivity index (χ1n) is 6.13. The first kappa shape index (κ1) is 13.9. The molecular formula is C13H17F2N3O. The van der Waals surface area contributed by atoms with Crippen LogP contribution in [0.2, 0.25) is 0 Å². The van der Waals surface area contributed by atoms with E-state index in [-0.39, 0.29) is 11.9 Å². The maximum Gasteiger partial charge on any atom is 0.245 e. The molecule has 4 nitrogen and oxygen atoms in total. The predicted octanol–water partition coefficient (Wildman–Crippen LogP) is 0.831. The Labute approximate surface area is 111 Å². The number of likely N-dealkylation sites (N-methyl/N-ethyl adjacent to an activating group) is 2. The van der Waals surface area contributed by atoms with Gasteiger partial charge in [0.15, 0.2) is 11.6 Å². The Morgan fingerprint density at radius 1 is 1.42 bits per heavy atom. The van der Waals surface area contributed by atoms with Crippen LogP contribution in [0.4, 0.5) is 14.5 Å². The smallest absolute Gasteiger partial charge is 0.245 e. The Bertz CT molecular complexity index is 481. The van der Waals surface area contributed by atoms with Crippen molar-refractivity contribution in [2.24, 2.45) is 0 Å². The second-order valence-electron chi connectivity index (χ2n) is 4.76. The van der Waals surface area contributed by atoms with Crippen molar-refractivity contribution in [3.63, 3.8) is 0 Å². The molecule has 1 N–H and O–H groups in total. The number of amides is 1. The standard InChI is InChI=1S/C13H17F2N3O/c1-17-6-5-16-12(8-17)13(19)18(2)9-3-4-10(14)11(15)7-9/h3-4,7,12,16H,5-6,8H2,1-2H3. The van der Waals surface area contributed by atoms with Gasteiger partial charge >= 0.3 is 0 Å². The van der Waals surface area contributed by atoms with Gasteiger partial charge < -0.3 is 15.1 Å². The summed E-state index contributed by atoms with van der Waals surface area (Å²) < 4.78 is 26.0. The molecule has 1 aromatic carbocycles. The molecule has 1 aliphatic rings. The average Bonchev–Trinajstić information content (AvgIpc) is 2.40. The summed E-state index contributed by atoms with van der Waals surface area (Å²) in [7, 11) is 3.50. The van der Waals surface area contributed by atoms with Gasteiger partial charge in [-0.1, -0.05) is 0 Å². The van der Waals surface area contributed by atoms with Gasteiger partial charge in [0.05, 0.1) is 0 Å². The number of piperazine rings is 1. The van der Waals surface area contributed by atoms with Gasteiger partial charge in [0.25, 0.3) is 0 Å². The van der Waals surface area contributed by atoms with E-state index < -0.39 is 11.6 Å². The van der Waals surface area contributed by atoms with Crippen molar-refractivity contribution in [1.29, 1.82) is 0 Å². The topological polar surface area (TPSA) is 35.6 Å². The highest BCUT2D eigenvalue weighted by Gasteiger charge is 2.26. The van der Waals surface area contributed by atoms with Crippen molar-refractivity contribution in [3.05, 3.63) is 29.8 Å². The van der Waals surface area contributed by atoms with E-state index in [1.165, 1.54) is 11.0 Å². The third-order valence-corrected chi connectivity index (χ3v) is 3.30. The van der Waals surface area contributed by atoms with Gasteiger partial charge in [0.1, 0.15) is 6.04 Å². The lowest BCUT2D eigenvalue weighted by Crippen LogP contribution is -2.56. The number of hydrogen-bond acceptors (Lipinski definition) is 3. The summed E-state index contributed by atoms with van der Waals surface area (Å²) in [6.45, 7) is 2.23. The molecule has 0 aromatic heterocycles. The van der Waals surface area contributed by atoms with Crippen molar-refractivity contribution < 1.29 is 13.6 Å². The molecule has 0 aliphatic carbocycles. The van der Waals surface area contributed by atoms with Crippen LogP contribution >= 0.6 is 0 Å². The molecule has 1 atom stereocenters. The van der Waals surface area contributed by atoms with E-state index in [9.17, 15) is 13.6 Å². The van der Waals surface area contributed by atoms with E-state index in [0.717, 1.165) is 25.2 Å². The molecule has 0 radical (unpaired) electrons. The second kappa shape index (κ2) is 5.63. The van der Waals surface area contributed by atoms with E-state index in [0.29, 0.717) is 12.2 Å². The highest BCUT2D eigenvalue weighted by molar-refractivity contribution is 5.96. The summed E-state index contributed by atoms with van der Waals surface area (Å²) in [4.78, 5) is 15.7. The van der Waals surface area contributed by atoms with E-state index in [2.05, 4.69) is 10.2 Å². The lowest BCUT2D eigenvalue weighted by Gasteiger charge is -2.32. The largest absolute Gasteiger partial charge is 0.314 e. The molecule has 2 rings (SSSR count). The van der Waals surface area contributed by atoms with Crippen LogP contribution in [-0.2, 0) is 4.79 Å². The molecule has 1 saturated heterocycles. The third-order valence-electron chi connectivity index (χ3n) is 3.30. The number of anilines is 1. The van der Waals surface area contributed by atoms with Crippen LogP contribution in [0.25, 0.3) is 0 Å². The maximum atomic E-state index is 13.2. The average molecular weight is 269 g/mol.